The second kappa shape index (κ2) is 35.9. The van der Waals surface area contributed by atoms with Gasteiger partial charge in [0, 0.05) is 67.4 Å². The van der Waals surface area contributed by atoms with Gasteiger partial charge in [-0.15, -0.1) is 0 Å². The van der Waals surface area contributed by atoms with Gasteiger partial charge in [-0.25, -0.2) is 26.4 Å². The van der Waals surface area contributed by atoms with E-state index in [9.17, 15) is 26.4 Å². The van der Waals surface area contributed by atoms with E-state index in [1.54, 1.807) is 43.5 Å². The second-order valence-corrected chi connectivity index (χ2v) is 24.9. The number of ketones is 1. The van der Waals surface area contributed by atoms with Gasteiger partial charge in [-0.1, -0.05) is 90.4 Å². The molecule has 0 saturated carbocycles. The van der Waals surface area contributed by atoms with Gasteiger partial charge >= 0.3 is 6.03 Å². The molecule has 78 heavy (non-hydrogen) atoms. The molecule has 0 fully saturated rings. The minimum atomic E-state index is -3.74. The summed E-state index contributed by atoms with van der Waals surface area (Å²) in [7, 11) is -1.16. The maximum absolute atomic E-state index is 13.1. The van der Waals surface area contributed by atoms with E-state index in [2.05, 4.69) is 29.5 Å². The Balaban J connectivity index is 0.000000479. The number of carbonyl (C=O) groups is 2. The van der Waals surface area contributed by atoms with Gasteiger partial charge in [0.15, 0.2) is 9.84 Å². The van der Waals surface area contributed by atoms with E-state index in [1.807, 2.05) is 43.3 Å². The summed E-state index contributed by atoms with van der Waals surface area (Å²) in [6.07, 6.45) is 5.62. The van der Waals surface area contributed by atoms with Crippen LogP contribution in [0.5, 0.6) is 0 Å². The highest BCUT2D eigenvalue weighted by Gasteiger charge is 2.32. The van der Waals surface area contributed by atoms with E-state index >= 15 is 0 Å². The average molecular weight is 1250 g/mol. The summed E-state index contributed by atoms with van der Waals surface area (Å²) < 4.78 is 75.2. The van der Waals surface area contributed by atoms with Crippen LogP contribution in [0.15, 0.2) is 82.6 Å². The Morgan fingerprint density at radius 1 is 0.603 bits per heavy atom. The Morgan fingerprint density at radius 3 is 1.69 bits per heavy atom. The van der Waals surface area contributed by atoms with Crippen molar-refractivity contribution in [2.24, 2.45) is 0 Å². The Kier molecular flexibility index (Phi) is 32.0. The highest BCUT2D eigenvalue weighted by Crippen LogP contribution is 2.37. The van der Waals surface area contributed by atoms with Crippen LogP contribution in [0, 0.1) is 0 Å². The number of Topliss-reactive ketones (excluding diaryl/α,β-unsaturated/α-hetero) is 1. The third kappa shape index (κ3) is 22.8. The summed E-state index contributed by atoms with van der Waals surface area (Å²) in [5.41, 5.74) is 6.18. The van der Waals surface area contributed by atoms with Crippen molar-refractivity contribution in [3.63, 3.8) is 0 Å². The largest absolute Gasteiger partial charge is 1.00 e. The smallest absolute Gasteiger partial charge is 0.314 e. The molecule has 4 aromatic carbocycles. The molecule has 0 spiro atoms. The van der Waals surface area contributed by atoms with Crippen LogP contribution in [0.1, 0.15) is 104 Å². The summed E-state index contributed by atoms with van der Waals surface area (Å²) in [6, 6.07) is 21.6. The lowest BCUT2D eigenvalue weighted by molar-refractivity contribution is -0.897. The molecule has 2 aliphatic heterocycles. The molecule has 0 saturated heterocycles. The van der Waals surface area contributed by atoms with Crippen molar-refractivity contribution in [2.45, 2.75) is 93.0 Å². The quantitative estimate of drug-likeness (QED) is 0.0474. The minimum Gasteiger partial charge on any atom is -1.00 e. The Labute approximate surface area is 495 Å². The number of unbranched alkanes of at least 4 members (excludes halogenated alkanes) is 3. The lowest BCUT2D eigenvalue weighted by Crippen LogP contribution is -3.09. The molecule has 5 N–H and O–H groups in total. The van der Waals surface area contributed by atoms with Crippen molar-refractivity contribution in [2.75, 3.05) is 106 Å². The number of nitrogens with one attached hydrogen (secondary N) is 5. The molecular weight excluding hydrogens is 1170 g/mol. The maximum Gasteiger partial charge on any atom is 0.314 e. The first-order valence-corrected chi connectivity index (χ1v) is 30.8. The molecule has 4 aromatic rings. The van der Waals surface area contributed by atoms with Crippen molar-refractivity contribution >= 4 is 78.1 Å². The molecule has 0 bridgehead atoms. The van der Waals surface area contributed by atoms with Gasteiger partial charge in [0.25, 0.3) is 0 Å². The van der Waals surface area contributed by atoms with E-state index in [-0.39, 0.29) is 72.3 Å². The van der Waals surface area contributed by atoms with Crippen LogP contribution in [-0.2, 0) is 56.7 Å². The van der Waals surface area contributed by atoms with E-state index in [4.69, 9.17) is 65.4 Å². The third-order valence-corrected chi connectivity index (χ3v) is 17.6. The summed E-state index contributed by atoms with van der Waals surface area (Å²) >= 11 is 25.5. The van der Waals surface area contributed by atoms with Gasteiger partial charge in [0.2, 0.25) is 10.0 Å². The second-order valence-electron chi connectivity index (χ2n) is 19.4. The van der Waals surface area contributed by atoms with E-state index < -0.39 is 19.9 Å². The number of methoxy groups -OCH3 is 1. The predicted molar refractivity (Wildman–Crippen MR) is 301 cm³/mol. The molecular formula is C55H77Cl6N5O10S2. The fourth-order valence-corrected chi connectivity index (χ4v) is 13.0. The third-order valence-electron chi connectivity index (χ3n) is 13.2. The zero-order valence-corrected chi connectivity index (χ0v) is 51.2. The molecule has 0 aliphatic carbocycles. The van der Waals surface area contributed by atoms with Crippen LogP contribution >= 0.6 is 46.4 Å². The topological polar surface area (TPSA) is 184 Å². The van der Waals surface area contributed by atoms with E-state index in [0.29, 0.717) is 103 Å². The summed E-state index contributed by atoms with van der Waals surface area (Å²) in [5.74, 6) is 0.441. The number of sulfonamides is 1. The number of likely N-dealkylation sites (N-methyl/N-ethyl adjacent to an activating group) is 2. The number of ether oxygens (including phenoxy) is 4. The Bertz CT molecular complexity index is 2730. The maximum atomic E-state index is 13.1. The van der Waals surface area contributed by atoms with Gasteiger partial charge in [-0.05, 0) is 96.5 Å². The highest BCUT2D eigenvalue weighted by atomic mass is 35.5. The number of hydrogen-bond donors (Lipinski definition) is 5. The zero-order chi connectivity index (χ0) is 55.1. The molecule has 23 heteroatoms. The fraction of sp³-hybridized carbons (Fsp3) is 0.527. The number of urea groups is 1. The van der Waals surface area contributed by atoms with Crippen molar-refractivity contribution in [3.05, 3.63) is 126 Å². The Morgan fingerprint density at radius 2 is 1.12 bits per heavy atom. The van der Waals surface area contributed by atoms with Crippen molar-refractivity contribution in [1.82, 2.24) is 15.4 Å². The first-order chi connectivity index (χ1) is 36.4. The molecule has 2 aliphatic rings. The number of fused-ring (bicyclic) bond motifs is 2. The molecule has 6 rings (SSSR count). The lowest BCUT2D eigenvalue weighted by atomic mass is 9.85. The average Bonchev–Trinajstić information content (AvgIpc) is 3.45. The van der Waals surface area contributed by atoms with Crippen LogP contribution in [-0.4, -0.2) is 135 Å². The summed E-state index contributed by atoms with van der Waals surface area (Å²) in [5, 5.41) is 8.02. The molecule has 436 valence electrons. The molecule has 2 amide bonds. The van der Waals surface area contributed by atoms with Crippen molar-refractivity contribution in [3.8, 4) is 0 Å². The van der Waals surface area contributed by atoms with Gasteiger partial charge in [-0.2, -0.15) is 0 Å². The molecule has 2 heterocycles. The van der Waals surface area contributed by atoms with Crippen LogP contribution in [0.2, 0.25) is 20.1 Å². The number of amides is 2. The van der Waals surface area contributed by atoms with Gasteiger partial charge in [-0.3, -0.25) is 4.79 Å². The SMILES string of the molecule is CCCCS(=O)(=O)c1cccc([C@@H]2C[NH+](C)Cc3c(Cl)cc(Cl)cc32)c1.COCCOCCNC(=O)NCCCCCC(=O)CCCOCCOCCNS(=O)(=O)c1cccc([C@@H]2C[NH+](C)Cc3c(Cl)cc(Cl)cc32)c1.[Cl-].[Cl-]. The molecule has 2 unspecified atom stereocenters. The van der Waals surface area contributed by atoms with Crippen LogP contribution in [0.25, 0.3) is 0 Å². The predicted octanol–water partition coefficient (Wildman–Crippen LogP) is 1.07. The number of sulfone groups is 1. The van der Waals surface area contributed by atoms with Gasteiger partial charge < -0.3 is 64.2 Å². The van der Waals surface area contributed by atoms with Crippen molar-refractivity contribution in [1.29, 1.82) is 0 Å². The molecule has 4 atom stereocenters. The molecule has 15 nitrogen and oxygen atoms in total. The van der Waals surface area contributed by atoms with Crippen LogP contribution < -0.4 is 50.0 Å². The first kappa shape index (κ1) is 69.4. The number of carbonyl (C=O) groups excluding carboxylic acids is 2. The number of quaternary nitrogens is 2. The van der Waals surface area contributed by atoms with E-state index in [0.717, 1.165) is 85.2 Å². The van der Waals surface area contributed by atoms with Gasteiger partial charge in [0.1, 0.15) is 18.9 Å². The molecule has 0 aromatic heterocycles. The fourth-order valence-electron chi connectivity index (χ4n) is 9.30. The van der Waals surface area contributed by atoms with E-state index in [1.165, 1.54) is 9.80 Å². The zero-order valence-electron chi connectivity index (χ0n) is 45.0. The summed E-state index contributed by atoms with van der Waals surface area (Å²) in [6.45, 7) is 9.21. The molecule has 0 radical (unpaired) electrons. The first-order valence-electron chi connectivity index (χ1n) is 26.2. The number of halogens is 6. The number of benzene rings is 4. The number of rotatable bonds is 30. The monoisotopic (exact) mass is 1240 g/mol. The standard InChI is InChI=1S/C35H52Cl2N4O8S.C20H23Cl2NO2S.2ClH/c1-41-25-32(31-23-28(36)24-34(37)33(31)26-41)27-8-6-11-30(22-27)50(44,45)40-14-17-49-21-20-47-15-7-10-29(42)9-4-3-5-12-38-35(43)39-13-16-48-19-18-46-2;1-3-4-8-26(24,25)16-7-5-6-14(9-16)18-12-23(2)13-19-17(18)10-15(21)11-20(19)22;;/h6,8,11,22-24,32,40H,3-5,7,9-10,12-21,25-26H2,1-2H3,(H2,38,39,43);5-7,9-11,18H,3-4,8,12-13H2,1-2H3;2*1H/t32-;18-;;/m00../s1. The number of hydrogen-bond acceptors (Lipinski definition) is 10. The minimum absolute atomic E-state index is 0. The lowest BCUT2D eigenvalue weighted by Gasteiger charge is -2.31. The van der Waals surface area contributed by atoms with Crippen molar-refractivity contribution < 1.29 is 80.0 Å². The highest BCUT2D eigenvalue weighted by molar-refractivity contribution is 7.91. The Hall–Kier alpha value is -2.82. The van der Waals surface area contributed by atoms with Gasteiger partial charge in [0.05, 0.1) is 104 Å². The normalized spacial score (nSPS) is 16.8. The van der Waals surface area contributed by atoms with Crippen LogP contribution in [0.3, 0.4) is 0 Å². The van der Waals surface area contributed by atoms with Crippen LogP contribution in [0.4, 0.5) is 4.79 Å². The summed E-state index contributed by atoms with van der Waals surface area (Å²) in [4.78, 5) is 27.1.